The molecule has 0 aromatic heterocycles. The molecule has 6 nitrogen and oxygen atoms in total. The van der Waals surface area contributed by atoms with Gasteiger partial charge in [-0.25, -0.2) is 4.79 Å². The molecule has 1 atom stereocenters. The van der Waals surface area contributed by atoms with Gasteiger partial charge in [0.05, 0.1) is 0 Å². The summed E-state index contributed by atoms with van der Waals surface area (Å²) in [6.07, 6.45) is 0.236. The second kappa shape index (κ2) is 4.83. The molecule has 1 unspecified atom stereocenters. The third-order valence-electron chi connectivity index (χ3n) is 2.88. The average Bonchev–Trinajstić information content (AvgIpc) is 2.22. The molecule has 4 amide bonds. The van der Waals surface area contributed by atoms with Crippen LogP contribution in [-0.2, 0) is 9.59 Å². The molecule has 17 heavy (non-hydrogen) atoms. The van der Waals surface area contributed by atoms with E-state index in [9.17, 15) is 14.4 Å². The number of hydrogen-bond donors (Lipinski definition) is 2. The minimum absolute atomic E-state index is 0.153. The predicted molar refractivity (Wildman–Crippen MR) is 61.9 cm³/mol. The van der Waals surface area contributed by atoms with E-state index < -0.39 is 23.3 Å². The Morgan fingerprint density at radius 3 is 2.41 bits per heavy atom. The van der Waals surface area contributed by atoms with Gasteiger partial charge in [0.25, 0.3) is 0 Å². The molecule has 3 N–H and O–H groups in total. The zero-order valence-corrected chi connectivity index (χ0v) is 10.4. The van der Waals surface area contributed by atoms with Crippen molar-refractivity contribution in [3.63, 3.8) is 0 Å². The van der Waals surface area contributed by atoms with Gasteiger partial charge in [0.2, 0.25) is 11.8 Å². The van der Waals surface area contributed by atoms with Crippen molar-refractivity contribution in [1.29, 1.82) is 0 Å². The molecule has 6 heteroatoms. The van der Waals surface area contributed by atoms with Crippen molar-refractivity contribution < 1.29 is 14.4 Å². The highest BCUT2D eigenvalue weighted by Crippen LogP contribution is 2.28. The van der Waals surface area contributed by atoms with E-state index in [2.05, 4.69) is 5.32 Å². The smallest absolute Gasteiger partial charge is 0.330 e. The van der Waals surface area contributed by atoms with Gasteiger partial charge in [0.1, 0.15) is 5.41 Å². The quantitative estimate of drug-likeness (QED) is 0.681. The Hall–Kier alpha value is -1.43. The van der Waals surface area contributed by atoms with E-state index in [4.69, 9.17) is 5.73 Å². The van der Waals surface area contributed by atoms with Crippen LogP contribution < -0.4 is 11.1 Å². The Morgan fingerprint density at radius 2 is 1.94 bits per heavy atom. The van der Waals surface area contributed by atoms with E-state index >= 15 is 0 Å². The number of urea groups is 1. The van der Waals surface area contributed by atoms with Gasteiger partial charge in [-0.2, -0.15) is 0 Å². The highest BCUT2D eigenvalue weighted by molar-refractivity contribution is 6.18. The zero-order chi connectivity index (χ0) is 13.2. The second-order valence-corrected chi connectivity index (χ2v) is 4.94. The molecule has 0 aromatic carbocycles. The van der Waals surface area contributed by atoms with E-state index in [0.29, 0.717) is 6.54 Å². The summed E-state index contributed by atoms with van der Waals surface area (Å²) >= 11 is 0. The fourth-order valence-corrected chi connectivity index (χ4v) is 1.83. The number of nitrogens with two attached hydrogens (primary N) is 1. The van der Waals surface area contributed by atoms with Gasteiger partial charge in [0, 0.05) is 6.54 Å². The first kappa shape index (κ1) is 13.6. The van der Waals surface area contributed by atoms with E-state index in [1.807, 2.05) is 13.8 Å². The van der Waals surface area contributed by atoms with Crippen LogP contribution in [0, 0.1) is 11.3 Å². The summed E-state index contributed by atoms with van der Waals surface area (Å²) in [7, 11) is 0. The maximum absolute atomic E-state index is 12.2. The lowest BCUT2D eigenvalue weighted by Crippen LogP contribution is -2.63. The van der Waals surface area contributed by atoms with Crippen LogP contribution in [0.25, 0.3) is 0 Å². The molecule has 0 bridgehead atoms. The maximum Gasteiger partial charge on any atom is 0.330 e. The number of barbiturate groups is 1. The van der Waals surface area contributed by atoms with Crippen LogP contribution in [0.1, 0.15) is 27.2 Å². The van der Waals surface area contributed by atoms with Crippen molar-refractivity contribution in [3.8, 4) is 0 Å². The van der Waals surface area contributed by atoms with Crippen molar-refractivity contribution in [3.05, 3.63) is 0 Å². The first-order chi connectivity index (χ1) is 7.82. The van der Waals surface area contributed by atoms with Crippen LogP contribution in [0.2, 0.25) is 0 Å². The number of rotatable bonds is 4. The predicted octanol–water partition coefficient (Wildman–Crippen LogP) is 0.0759. The Kier molecular flexibility index (Phi) is 3.87. The summed E-state index contributed by atoms with van der Waals surface area (Å²) in [6, 6.07) is -0.636. The summed E-state index contributed by atoms with van der Waals surface area (Å²) < 4.78 is 0. The number of imide groups is 2. The Labute approximate surface area is 101 Å². The van der Waals surface area contributed by atoms with Gasteiger partial charge in [-0.15, -0.1) is 0 Å². The molecule has 0 spiro atoms. The van der Waals surface area contributed by atoms with Crippen molar-refractivity contribution >= 4 is 17.8 Å². The minimum Gasteiger partial charge on any atom is -0.330 e. The first-order valence-electron chi connectivity index (χ1n) is 5.70. The molecule has 1 aliphatic heterocycles. The molecule has 96 valence electrons. The van der Waals surface area contributed by atoms with E-state index in [0.717, 1.165) is 4.90 Å². The standard InChI is InChI=1S/C11H19N3O3/c1-7(2)6-14-9(16)11(3,4-5-12)8(15)13-10(14)17/h7H,4-6,12H2,1-3H3,(H,13,15,17). The van der Waals surface area contributed by atoms with E-state index in [-0.39, 0.29) is 18.9 Å². The van der Waals surface area contributed by atoms with Crippen LogP contribution in [0.5, 0.6) is 0 Å². The summed E-state index contributed by atoms with van der Waals surface area (Å²) in [4.78, 5) is 36.6. The number of nitrogens with zero attached hydrogens (tertiary/aromatic N) is 1. The molecule has 1 aliphatic rings. The van der Waals surface area contributed by atoms with Crippen molar-refractivity contribution in [1.82, 2.24) is 10.2 Å². The van der Waals surface area contributed by atoms with E-state index in [1.54, 1.807) is 0 Å². The van der Waals surface area contributed by atoms with Gasteiger partial charge >= 0.3 is 6.03 Å². The van der Waals surface area contributed by atoms with Crippen molar-refractivity contribution in [2.45, 2.75) is 27.2 Å². The van der Waals surface area contributed by atoms with E-state index in [1.165, 1.54) is 6.92 Å². The van der Waals surface area contributed by atoms with Gasteiger partial charge in [0.15, 0.2) is 0 Å². The molecule has 0 saturated carbocycles. The van der Waals surface area contributed by atoms with Crippen LogP contribution in [0.15, 0.2) is 0 Å². The lowest BCUT2D eigenvalue weighted by molar-refractivity contribution is -0.150. The third-order valence-corrected chi connectivity index (χ3v) is 2.88. The molecule has 0 aliphatic carbocycles. The minimum atomic E-state index is -1.22. The van der Waals surface area contributed by atoms with Crippen molar-refractivity contribution in [2.24, 2.45) is 17.1 Å². The monoisotopic (exact) mass is 241 g/mol. The molecule has 0 radical (unpaired) electrons. The Bertz CT molecular complexity index is 354. The lowest BCUT2D eigenvalue weighted by atomic mass is 9.82. The molecular formula is C11H19N3O3. The molecule has 1 heterocycles. The van der Waals surface area contributed by atoms with Gasteiger partial charge in [-0.3, -0.25) is 19.8 Å². The number of amides is 4. The molecule has 1 saturated heterocycles. The number of hydrogen-bond acceptors (Lipinski definition) is 4. The van der Waals surface area contributed by atoms with Gasteiger partial charge < -0.3 is 5.73 Å². The number of nitrogens with one attached hydrogen (secondary N) is 1. The fourth-order valence-electron chi connectivity index (χ4n) is 1.83. The first-order valence-corrected chi connectivity index (χ1v) is 5.70. The topological polar surface area (TPSA) is 92.5 Å². The molecule has 1 rings (SSSR count). The highest BCUT2D eigenvalue weighted by Gasteiger charge is 2.49. The Balaban J connectivity index is 2.99. The lowest BCUT2D eigenvalue weighted by Gasteiger charge is -2.37. The third kappa shape index (κ3) is 2.46. The molecule has 0 aromatic rings. The summed E-state index contributed by atoms with van der Waals surface area (Å²) in [5, 5.41) is 2.21. The number of carbonyl (C=O) groups excluding carboxylic acids is 3. The zero-order valence-electron chi connectivity index (χ0n) is 10.4. The summed E-state index contributed by atoms with van der Waals surface area (Å²) in [5.41, 5.74) is 4.19. The van der Waals surface area contributed by atoms with Gasteiger partial charge in [-0.1, -0.05) is 13.8 Å². The summed E-state index contributed by atoms with van der Waals surface area (Å²) in [6.45, 7) is 5.85. The normalized spacial score (nSPS) is 25.5. The molecule has 1 fully saturated rings. The van der Waals surface area contributed by atoms with Crippen LogP contribution in [-0.4, -0.2) is 35.8 Å². The van der Waals surface area contributed by atoms with Crippen LogP contribution in [0.4, 0.5) is 4.79 Å². The maximum atomic E-state index is 12.2. The number of carbonyl (C=O) groups is 3. The Morgan fingerprint density at radius 1 is 1.35 bits per heavy atom. The largest absolute Gasteiger partial charge is 0.330 e. The summed E-state index contributed by atoms with van der Waals surface area (Å²) in [5.74, 6) is -0.858. The average molecular weight is 241 g/mol. The van der Waals surface area contributed by atoms with Crippen LogP contribution in [0.3, 0.4) is 0 Å². The van der Waals surface area contributed by atoms with Gasteiger partial charge in [-0.05, 0) is 25.8 Å². The molecular weight excluding hydrogens is 222 g/mol. The SMILES string of the molecule is CC(C)CN1C(=O)NC(=O)C(C)(CCN)C1=O. The second-order valence-electron chi connectivity index (χ2n) is 4.94. The van der Waals surface area contributed by atoms with Crippen LogP contribution >= 0.6 is 0 Å². The fraction of sp³-hybridized carbons (Fsp3) is 0.727. The highest BCUT2D eigenvalue weighted by atomic mass is 16.2. The van der Waals surface area contributed by atoms with Crippen molar-refractivity contribution in [2.75, 3.05) is 13.1 Å².